The van der Waals surface area contributed by atoms with Gasteiger partial charge in [0.25, 0.3) is 0 Å². The van der Waals surface area contributed by atoms with Gasteiger partial charge in [-0.25, -0.2) is 0 Å². The number of hydrogen-bond donors (Lipinski definition) is 1. The number of benzene rings is 1. The van der Waals surface area contributed by atoms with Crippen molar-refractivity contribution in [1.82, 2.24) is 4.90 Å². The summed E-state index contributed by atoms with van der Waals surface area (Å²) >= 11 is 0. The predicted octanol–water partition coefficient (Wildman–Crippen LogP) is 2.68. The molecule has 18 heavy (non-hydrogen) atoms. The van der Waals surface area contributed by atoms with Crippen LogP contribution in [0.1, 0.15) is 31.7 Å². The monoisotopic (exact) mass is 244 g/mol. The molecule has 2 N–H and O–H groups in total. The zero-order chi connectivity index (χ0) is 13.0. The summed E-state index contributed by atoms with van der Waals surface area (Å²) in [6, 6.07) is 8.00. The first-order chi connectivity index (χ1) is 8.70. The lowest BCUT2D eigenvalue weighted by Crippen LogP contribution is -2.32. The Morgan fingerprint density at radius 2 is 2.06 bits per heavy atom. The van der Waals surface area contributed by atoms with Crippen molar-refractivity contribution >= 4 is 17.7 Å². The molecule has 0 unspecified atom stereocenters. The molecule has 1 aliphatic rings. The van der Waals surface area contributed by atoms with Gasteiger partial charge in [-0.2, -0.15) is 0 Å². The molecule has 1 fully saturated rings. The van der Waals surface area contributed by atoms with Crippen molar-refractivity contribution in [3.05, 3.63) is 35.9 Å². The zero-order valence-electron chi connectivity index (χ0n) is 10.8. The van der Waals surface area contributed by atoms with Gasteiger partial charge in [0.15, 0.2) is 0 Å². The van der Waals surface area contributed by atoms with Crippen LogP contribution in [0.3, 0.4) is 0 Å². The minimum atomic E-state index is 0.121. The van der Waals surface area contributed by atoms with Crippen molar-refractivity contribution in [3.8, 4) is 0 Å². The molecule has 1 saturated carbocycles. The molecule has 0 radical (unpaired) electrons. The molecular weight excluding hydrogens is 224 g/mol. The fourth-order valence-corrected chi connectivity index (χ4v) is 1.97. The van der Waals surface area contributed by atoms with E-state index in [1.54, 1.807) is 6.08 Å². The maximum absolute atomic E-state index is 12.1. The Labute approximate surface area is 108 Å². The Morgan fingerprint density at radius 3 is 2.61 bits per heavy atom. The molecule has 96 valence electrons. The van der Waals surface area contributed by atoms with Crippen LogP contribution < -0.4 is 5.73 Å². The summed E-state index contributed by atoms with van der Waals surface area (Å²) in [5.41, 5.74) is 7.36. The lowest BCUT2D eigenvalue weighted by Gasteiger charge is -2.19. The number of rotatable bonds is 5. The van der Waals surface area contributed by atoms with Crippen LogP contribution in [0, 0.1) is 0 Å². The summed E-state index contributed by atoms with van der Waals surface area (Å²) < 4.78 is 0. The lowest BCUT2D eigenvalue weighted by molar-refractivity contribution is -0.126. The quantitative estimate of drug-likeness (QED) is 0.639. The fraction of sp³-hybridized carbons (Fsp3) is 0.400. The third kappa shape index (κ3) is 3.36. The third-order valence-electron chi connectivity index (χ3n) is 3.09. The van der Waals surface area contributed by atoms with Crippen LogP contribution >= 0.6 is 0 Å². The molecule has 3 nitrogen and oxygen atoms in total. The van der Waals surface area contributed by atoms with Gasteiger partial charge in [-0.1, -0.05) is 19.1 Å². The van der Waals surface area contributed by atoms with E-state index in [4.69, 9.17) is 5.73 Å². The van der Waals surface area contributed by atoms with Gasteiger partial charge in [-0.05, 0) is 43.0 Å². The number of carbonyl (C=O) groups excluding carboxylic acids is 1. The van der Waals surface area contributed by atoms with Gasteiger partial charge >= 0.3 is 0 Å². The molecule has 1 aliphatic carbocycles. The van der Waals surface area contributed by atoms with Gasteiger partial charge in [0, 0.05) is 24.4 Å². The molecule has 0 spiro atoms. The van der Waals surface area contributed by atoms with Crippen LogP contribution in [0.5, 0.6) is 0 Å². The second kappa shape index (κ2) is 5.71. The molecule has 1 aromatic carbocycles. The van der Waals surface area contributed by atoms with Crippen LogP contribution in [-0.4, -0.2) is 23.4 Å². The molecule has 3 heteroatoms. The molecule has 0 heterocycles. The predicted molar refractivity (Wildman–Crippen MR) is 74.9 cm³/mol. The summed E-state index contributed by atoms with van der Waals surface area (Å²) in [6.07, 6.45) is 6.84. The molecule has 0 aliphatic heterocycles. The summed E-state index contributed by atoms with van der Waals surface area (Å²) in [5, 5.41) is 0. The highest BCUT2D eigenvalue weighted by Crippen LogP contribution is 2.27. The highest BCUT2D eigenvalue weighted by atomic mass is 16.2. The van der Waals surface area contributed by atoms with E-state index in [-0.39, 0.29) is 5.91 Å². The molecular formula is C15H20N2O. The second-order valence-corrected chi connectivity index (χ2v) is 4.76. The Bertz CT molecular complexity index is 432. The maximum atomic E-state index is 12.1. The first-order valence-electron chi connectivity index (χ1n) is 6.55. The van der Waals surface area contributed by atoms with Crippen molar-refractivity contribution in [2.45, 2.75) is 32.2 Å². The van der Waals surface area contributed by atoms with Gasteiger partial charge in [0.2, 0.25) is 5.91 Å². The maximum Gasteiger partial charge on any atom is 0.246 e. The van der Waals surface area contributed by atoms with Gasteiger partial charge in [0.05, 0.1) is 0 Å². The van der Waals surface area contributed by atoms with Crippen molar-refractivity contribution in [1.29, 1.82) is 0 Å². The van der Waals surface area contributed by atoms with Crippen molar-refractivity contribution in [3.63, 3.8) is 0 Å². The summed E-state index contributed by atoms with van der Waals surface area (Å²) in [6.45, 7) is 2.96. The number of anilines is 1. The van der Waals surface area contributed by atoms with E-state index in [1.165, 1.54) is 0 Å². The first kappa shape index (κ1) is 12.7. The number of nitrogen functional groups attached to an aromatic ring is 1. The van der Waals surface area contributed by atoms with Crippen molar-refractivity contribution < 1.29 is 4.79 Å². The molecule has 0 saturated heterocycles. The highest BCUT2D eigenvalue weighted by molar-refractivity contribution is 5.92. The molecule has 1 amide bonds. The topological polar surface area (TPSA) is 46.3 Å². The fourth-order valence-electron chi connectivity index (χ4n) is 1.97. The summed E-state index contributed by atoms with van der Waals surface area (Å²) in [5.74, 6) is 0.121. The summed E-state index contributed by atoms with van der Waals surface area (Å²) in [7, 11) is 0. The standard InChI is InChI=1S/C15H20N2O/c1-2-11-17(14-8-9-14)15(18)10-5-12-3-6-13(16)7-4-12/h3-7,10,14H,2,8-9,11,16H2,1H3/b10-5+. The van der Waals surface area contributed by atoms with Crippen LogP contribution in [0.15, 0.2) is 30.3 Å². The Kier molecular flexibility index (Phi) is 4.03. The van der Waals surface area contributed by atoms with Crippen LogP contribution in [0.2, 0.25) is 0 Å². The SMILES string of the molecule is CCCN(C(=O)/C=C/c1ccc(N)cc1)C1CC1. The first-order valence-corrected chi connectivity index (χ1v) is 6.55. The van der Waals surface area contributed by atoms with Gasteiger partial charge in [0.1, 0.15) is 0 Å². The highest BCUT2D eigenvalue weighted by Gasteiger charge is 2.30. The Morgan fingerprint density at radius 1 is 1.39 bits per heavy atom. The van der Waals surface area contributed by atoms with E-state index in [9.17, 15) is 4.79 Å². The third-order valence-corrected chi connectivity index (χ3v) is 3.09. The second-order valence-electron chi connectivity index (χ2n) is 4.76. The van der Waals surface area contributed by atoms with Gasteiger partial charge in [-0.3, -0.25) is 4.79 Å². The van der Waals surface area contributed by atoms with E-state index >= 15 is 0 Å². The molecule has 2 rings (SSSR count). The number of amides is 1. The number of nitrogens with zero attached hydrogens (tertiary/aromatic N) is 1. The van der Waals surface area contributed by atoms with Gasteiger partial charge < -0.3 is 10.6 Å². The normalized spacial score (nSPS) is 14.9. The van der Waals surface area contributed by atoms with Crippen LogP contribution in [0.4, 0.5) is 5.69 Å². The van der Waals surface area contributed by atoms with E-state index in [0.29, 0.717) is 6.04 Å². The molecule has 0 bridgehead atoms. The molecule has 0 atom stereocenters. The largest absolute Gasteiger partial charge is 0.399 e. The van der Waals surface area contributed by atoms with Crippen molar-refractivity contribution in [2.24, 2.45) is 0 Å². The number of nitrogens with two attached hydrogens (primary N) is 1. The minimum Gasteiger partial charge on any atom is -0.399 e. The van der Waals surface area contributed by atoms with E-state index in [1.807, 2.05) is 35.2 Å². The Balaban J connectivity index is 1.98. The Hall–Kier alpha value is -1.77. The number of hydrogen-bond acceptors (Lipinski definition) is 2. The average molecular weight is 244 g/mol. The van der Waals surface area contributed by atoms with E-state index < -0.39 is 0 Å². The summed E-state index contributed by atoms with van der Waals surface area (Å²) in [4.78, 5) is 14.0. The zero-order valence-corrected chi connectivity index (χ0v) is 10.8. The minimum absolute atomic E-state index is 0.121. The molecule has 0 aromatic heterocycles. The van der Waals surface area contributed by atoms with E-state index in [2.05, 4.69) is 6.92 Å². The number of carbonyl (C=O) groups is 1. The van der Waals surface area contributed by atoms with Crippen LogP contribution in [-0.2, 0) is 4.79 Å². The lowest BCUT2D eigenvalue weighted by atomic mass is 10.2. The average Bonchev–Trinajstić information content (AvgIpc) is 3.19. The van der Waals surface area contributed by atoms with E-state index in [0.717, 1.165) is 37.1 Å². The van der Waals surface area contributed by atoms with Crippen LogP contribution in [0.25, 0.3) is 6.08 Å². The molecule has 1 aromatic rings. The smallest absolute Gasteiger partial charge is 0.246 e. The van der Waals surface area contributed by atoms with Gasteiger partial charge in [-0.15, -0.1) is 0 Å². The van der Waals surface area contributed by atoms with Crippen molar-refractivity contribution in [2.75, 3.05) is 12.3 Å².